The third-order valence-corrected chi connectivity index (χ3v) is 4.19. The van der Waals surface area contributed by atoms with Crippen molar-refractivity contribution in [2.75, 3.05) is 18.5 Å². The lowest BCUT2D eigenvalue weighted by Crippen LogP contribution is -2.39. The fourth-order valence-corrected chi connectivity index (χ4v) is 3.02. The maximum Gasteiger partial charge on any atom is 0.0368 e. The van der Waals surface area contributed by atoms with Gasteiger partial charge in [0.1, 0.15) is 0 Å². The second kappa shape index (κ2) is 5.31. The van der Waals surface area contributed by atoms with E-state index in [0.717, 1.165) is 13.0 Å². The van der Waals surface area contributed by atoms with Gasteiger partial charge < -0.3 is 10.6 Å². The van der Waals surface area contributed by atoms with Crippen LogP contribution in [0.1, 0.15) is 43.2 Å². The lowest BCUT2D eigenvalue weighted by atomic mass is 9.94. The molecular weight excluding hydrogens is 220 g/mol. The highest BCUT2D eigenvalue weighted by atomic mass is 15.1. The molecule has 1 saturated carbocycles. The van der Waals surface area contributed by atoms with Crippen LogP contribution in [-0.2, 0) is 0 Å². The fraction of sp³-hybridized carbons (Fsp3) is 0.625. The van der Waals surface area contributed by atoms with E-state index in [1.807, 2.05) is 0 Å². The number of anilines is 1. The minimum absolute atomic E-state index is 0.104. The molecule has 1 aromatic rings. The molecule has 100 valence electrons. The molecule has 1 fully saturated rings. The molecule has 0 spiro atoms. The van der Waals surface area contributed by atoms with E-state index < -0.39 is 0 Å². The van der Waals surface area contributed by atoms with E-state index >= 15 is 0 Å². The van der Waals surface area contributed by atoms with Gasteiger partial charge in [0.05, 0.1) is 0 Å². The number of rotatable bonds is 4. The molecule has 1 aromatic carbocycles. The van der Waals surface area contributed by atoms with E-state index in [0.29, 0.717) is 0 Å². The van der Waals surface area contributed by atoms with Crippen molar-refractivity contribution in [3.63, 3.8) is 0 Å². The summed E-state index contributed by atoms with van der Waals surface area (Å²) in [5, 5.41) is 0. The van der Waals surface area contributed by atoms with Crippen molar-refractivity contribution in [1.29, 1.82) is 0 Å². The van der Waals surface area contributed by atoms with Gasteiger partial charge in [0.25, 0.3) is 0 Å². The van der Waals surface area contributed by atoms with Gasteiger partial charge in [-0.2, -0.15) is 0 Å². The minimum atomic E-state index is 0.104. The van der Waals surface area contributed by atoms with E-state index in [4.69, 9.17) is 5.73 Å². The highest BCUT2D eigenvalue weighted by molar-refractivity contribution is 5.50. The van der Waals surface area contributed by atoms with Gasteiger partial charge in [0.2, 0.25) is 0 Å². The molecule has 2 rings (SSSR count). The van der Waals surface area contributed by atoms with Crippen LogP contribution in [-0.4, -0.2) is 19.1 Å². The number of nitrogens with zero attached hydrogens (tertiary/aromatic N) is 1. The smallest absolute Gasteiger partial charge is 0.0368 e. The zero-order chi connectivity index (χ0) is 13.2. The Balaban J connectivity index is 1.96. The molecule has 0 aliphatic heterocycles. The van der Waals surface area contributed by atoms with Gasteiger partial charge >= 0.3 is 0 Å². The standard InChI is InChI=1S/C16H26N2/c1-13-10-14(2)12-15(11-13)18(3)9-8-16(17)6-4-5-7-16/h10-12H,4-9,17H2,1-3H3. The summed E-state index contributed by atoms with van der Waals surface area (Å²) in [7, 11) is 2.17. The molecule has 2 nitrogen and oxygen atoms in total. The van der Waals surface area contributed by atoms with Gasteiger partial charge in [0.15, 0.2) is 0 Å². The average Bonchev–Trinajstić information content (AvgIpc) is 2.72. The Labute approximate surface area is 111 Å². The Bertz CT molecular complexity index is 385. The molecule has 2 heteroatoms. The number of hydrogen-bond donors (Lipinski definition) is 1. The molecule has 0 unspecified atom stereocenters. The monoisotopic (exact) mass is 246 g/mol. The topological polar surface area (TPSA) is 29.3 Å². The summed E-state index contributed by atoms with van der Waals surface area (Å²) in [5.41, 5.74) is 10.5. The first-order valence-electron chi connectivity index (χ1n) is 7.07. The first-order valence-corrected chi connectivity index (χ1v) is 7.07. The zero-order valence-corrected chi connectivity index (χ0v) is 12.0. The van der Waals surface area contributed by atoms with Crippen molar-refractivity contribution in [2.24, 2.45) is 5.73 Å². The van der Waals surface area contributed by atoms with Gasteiger partial charge in [0, 0.05) is 24.8 Å². The average molecular weight is 246 g/mol. The van der Waals surface area contributed by atoms with Crippen LogP contribution < -0.4 is 10.6 Å². The molecule has 1 aliphatic carbocycles. The SMILES string of the molecule is Cc1cc(C)cc(N(C)CCC2(N)CCCC2)c1. The van der Waals surface area contributed by atoms with Crippen LogP contribution in [0.5, 0.6) is 0 Å². The van der Waals surface area contributed by atoms with Crippen LogP contribution in [0.15, 0.2) is 18.2 Å². The third kappa shape index (κ3) is 3.26. The molecular formula is C16H26N2. The van der Waals surface area contributed by atoms with Gasteiger partial charge in [-0.05, 0) is 56.4 Å². The molecule has 2 N–H and O–H groups in total. The number of aryl methyl sites for hydroxylation is 2. The summed E-state index contributed by atoms with van der Waals surface area (Å²) in [6.07, 6.45) is 6.13. The van der Waals surface area contributed by atoms with Gasteiger partial charge in [-0.1, -0.05) is 18.9 Å². The maximum atomic E-state index is 6.42. The van der Waals surface area contributed by atoms with Gasteiger partial charge in [-0.25, -0.2) is 0 Å². The van der Waals surface area contributed by atoms with E-state index in [-0.39, 0.29) is 5.54 Å². The van der Waals surface area contributed by atoms with Crippen LogP contribution in [0.3, 0.4) is 0 Å². The van der Waals surface area contributed by atoms with E-state index in [2.05, 4.69) is 44.0 Å². The summed E-state index contributed by atoms with van der Waals surface area (Å²) in [5.74, 6) is 0. The first-order chi connectivity index (χ1) is 8.48. The summed E-state index contributed by atoms with van der Waals surface area (Å²) in [4.78, 5) is 2.34. The molecule has 0 bridgehead atoms. The molecule has 1 aliphatic rings. The van der Waals surface area contributed by atoms with E-state index in [1.54, 1.807) is 0 Å². The van der Waals surface area contributed by atoms with Crippen LogP contribution in [0, 0.1) is 13.8 Å². The Morgan fingerprint density at radius 2 is 1.67 bits per heavy atom. The van der Waals surface area contributed by atoms with E-state index in [1.165, 1.54) is 42.5 Å². The molecule has 0 atom stereocenters. The van der Waals surface area contributed by atoms with Crippen molar-refractivity contribution in [3.05, 3.63) is 29.3 Å². The quantitative estimate of drug-likeness (QED) is 0.882. The van der Waals surface area contributed by atoms with Crippen LogP contribution in [0.25, 0.3) is 0 Å². The second-order valence-corrected chi connectivity index (χ2v) is 6.09. The lowest BCUT2D eigenvalue weighted by molar-refractivity contribution is 0.409. The van der Waals surface area contributed by atoms with Gasteiger partial charge in [-0.3, -0.25) is 0 Å². The summed E-state index contributed by atoms with van der Waals surface area (Å²) in [6.45, 7) is 5.37. The Morgan fingerprint density at radius 1 is 1.11 bits per heavy atom. The lowest BCUT2D eigenvalue weighted by Gasteiger charge is -2.28. The number of nitrogens with two attached hydrogens (primary N) is 1. The van der Waals surface area contributed by atoms with Crippen LogP contribution >= 0.6 is 0 Å². The Morgan fingerprint density at radius 3 is 2.22 bits per heavy atom. The predicted octanol–water partition coefficient (Wildman–Crippen LogP) is 3.40. The minimum Gasteiger partial charge on any atom is -0.375 e. The fourth-order valence-electron chi connectivity index (χ4n) is 3.02. The van der Waals surface area contributed by atoms with Crippen LogP contribution in [0.2, 0.25) is 0 Å². The highest BCUT2D eigenvalue weighted by Crippen LogP contribution is 2.30. The van der Waals surface area contributed by atoms with Crippen molar-refractivity contribution in [1.82, 2.24) is 0 Å². The molecule has 18 heavy (non-hydrogen) atoms. The summed E-state index contributed by atoms with van der Waals surface area (Å²) < 4.78 is 0. The number of hydrogen-bond acceptors (Lipinski definition) is 2. The first kappa shape index (κ1) is 13.4. The predicted molar refractivity (Wildman–Crippen MR) is 79.2 cm³/mol. The highest BCUT2D eigenvalue weighted by Gasteiger charge is 2.28. The normalized spacial score (nSPS) is 18.0. The van der Waals surface area contributed by atoms with E-state index in [9.17, 15) is 0 Å². The second-order valence-electron chi connectivity index (χ2n) is 6.09. The zero-order valence-electron chi connectivity index (χ0n) is 12.0. The summed E-state index contributed by atoms with van der Waals surface area (Å²) in [6, 6.07) is 6.73. The Hall–Kier alpha value is -1.02. The third-order valence-electron chi connectivity index (χ3n) is 4.19. The number of benzene rings is 1. The molecule has 0 radical (unpaired) electrons. The van der Waals surface area contributed by atoms with Gasteiger partial charge in [-0.15, -0.1) is 0 Å². The van der Waals surface area contributed by atoms with Crippen molar-refractivity contribution < 1.29 is 0 Å². The summed E-state index contributed by atoms with van der Waals surface area (Å²) >= 11 is 0. The van der Waals surface area contributed by atoms with Crippen LogP contribution in [0.4, 0.5) is 5.69 Å². The molecule has 0 amide bonds. The van der Waals surface area contributed by atoms with Crippen molar-refractivity contribution in [2.45, 2.75) is 51.5 Å². The molecule has 0 heterocycles. The largest absolute Gasteiger partial charge is 0.375 e. The molecule has 0 aromatic heterocycles. The molecule has 0 saturated heterocycles. The Kier molecular flexibility index (Phi) is 3.96. The van der Waals surface area contributed by atoms with Crippen molar-refractivity contribution >= 4 is 5.69 Å². The van der Waals surface area contributed by atoms with Crippen molar-refractivity contribution in [3.8, 4) is 0 Å². The maximum absolute atomic E-state index is 6.42.